The van der Waals surface area contributed by atoms with Crippen LogP contribution in [0.2, 0.25) is 0 Å². The van der Waals surface area contributed by atoms with Gasteiger partial charge in [0.25, 0.3) is 0 Å². The van der Waals surface area contributed by atoms with E-state index < -0.39 is 34.2 Å². The largest absolute Gasteiger partial charge is 0.394 e. The standard InChI is InChI=1S/C33H47N3O4S/c1-8-17-34(20-23-13-11-10-12-14-23)29(38)26-25-15-16-33(41-25)27(26)30(39)36(24(21-37)19-22(3)4)28(33)31(40)35(18-9-2)32(5,6)7/h8-14,22,24-28,37H,1-2,15-21H2,3-7H3/t24-,25-,26+,27+,28?,33?/m1/s1. The lowest BCUT2D eigenvalue weighted by molar-refractivity contribution is -0.149. The Bertz CT molecular complexity index is 1150. The first-order chi connectivity index (χ1) is 19.4. The van der Waals surface area contributed by atoms with Crippen molar-refractivity contribution in [2.45, 2.75) is 88.0 Å². The van der Waals surface area contributed by atoms with Crippen LogP contribution in [0.15, 0.2) is 55.6 Å². The van der Waals surface area contributed by atoms with Crippen LogP contribution in [0.3, 0.4) is 0 Å². The fraction of sp³-hybridized carbons (Fsp3) is 0.606. The predicted molar refractivity (Wildman–Crippen MR) is 165 cm³/mol. The number of thioether (sulfide) groups is 1. The molecule has 0 aliphatic carbocycles. The van der Waals surface area contributed by atoms with Crippen LogP contribution in [0.5, 0.6) is 0 Å². The lowest BCUT2D eigenvalue weighted by atomic mass is 9.70. The molecule has 2 unspecified atom stereocenters. The maximum atomic E-state index is 14.6. The van der Waals surface area contributed by atoms with Gasteiger partial charge in [0, 0.05) is 30.4 Å². The van der Waals surface area contributed by atoms with E-state index in [0.29, 0.717) is 32.5 Å². The van der Waals surface area contributed by atoms with Crippen LogP contribution < -0.4 is 0 Å². The number of likely N-dealkylation sites (tertiary alicyclic amines) is 1. The number of rotatable bonds is 12. The zero-order valence-electron chi connectivity index (χ0n) is 25.3. The molecule has 3 heterocycles. The molecule has 3 aliphatic heterocycles. The van der Waals surface area contributed by atoms with E-state index in [1.54, 1.807) is 38.6 Å². The molecule has 6 atom stereocenters. The predicted octanol–water partition coefficient (Wildman–Crippen LogP) is 4.51. The highest BCUT2D eigenvalue weighted by atomic mass is 32.2. The van der Waals surface area contributed by atoms with Gasteiger partial charge < -0.3 is 19.8 Å². The number of carbonyl (C=O) groups is 3. The number of aliphatic hydroxyl groups is 1. The molecule has 0 saturated carbocycles. The Morgan fingerprint density at radius 3 is 2.37 bits per heavy atom. The molecular formula is C33H47N3O4S. The van der Waals surface area contributed by atoms with Crippen molar-refractivity contribution in [1.29, 1.82) is 0 Å². The van der Waals surface area contributed by atoms with Crippen molar-refractivity contribution in [3.63, 3.8) is 0 Å². The number of aliphatic hydroxyl groups excluding tert-OH is 1. The molecule has 3 aliphatic rings. The van der Waals surface area contributed by atoms with Gasteiger partial charge in [-0.1, -0.05) is 56.3 Å². The van der Waals surface area contributed by atoms with Crippen molar-refractivity contribution in [2.75, 3.05) is 19.7 Å². The fourth-order valence-electron chi connectivity index (χ4n) is 7.24. The molecule has 0 aromatic heterocycles. The van der Waals surface area contributed by atoms with Crippen LogP contribution in [0.4, 0.5) is 0 Å². The SMILES string of the molecule is C=CCN(Cc1ccccc1)C(=O)[C@@H]1[C@H]2C(=O)N([C@@H](CO)CC(C)C)C(C(=O)N(CC=C)C(C)(C)C)C23CC[C@H]1S3. The summed E-state index contributed by atoms with van der Waals surface area (Å²) in [4.78, 5) is 48.8. The van der Waals surface area contributed by atoms with Gasteiger partial charge in [-0.15, -0.1) is 24.9 Å². The van der Waals surface area contributed by atoms with Crippen LogP contribution in [-0.2, 0) is 20.9 Å². The smallest absolute Gasteiger partial charge is 0.247 e. The topological polar surface area (TPSA) is 81.2 Å². The first kappa shape index (κ1) is 31.4. The molecule has 8 heteroatoms. The molecule has 1 aromatic rings. The third-order valence-electron chi connectivity index (χ3n) is 8.87. The maximum absolute atomic E-state index is 14.6. The van der Waals surface area contributed by atoms with Gasteiger partial charge >= 0.3 is 0 Å². The van der Waals surface area contributed by atoms with Crippen LogP contribution >= 0.6 is 11.8 Å². The Hall–Kier alpha value is -2.58. The summed E-state index contributed by atoms with van der Waals surface area (Å²) in [6.07, 6.45) is 5.50. The molecule has 3 fully saturated rings. The lowest BCUT2D eigenvalue weighted by Gasteiger charge is -2.44. The van der Waals surface area contributed by atoms with Gasteiger partial charge in [-0.3, -0.25) is 14.4 Å². The van der Waals surface area contributed by atoms with Gasteiger partial charge in [-0.05, 0) is 51.5 Å². The van der Waals surface area contributed by atoms with Gasteiger partial charge in [0.2, 0.25) is 17.7 Å². The molecule has 3 saturated heterocycles. The number of carbonyl (C=O) groups excluding carboxylic acids is 3. The Kier molecular flexibility index (Phi) is 9.44. The second-order valence-corrected chi connectivity index (χ2v) is 14.8. The van der Waals surface area contributed by atoms with Crippen molar-refractivity contribution >= 4 is 29.5 Å². The molecule has 1 aromatic carbocycles. The molecule has 3 amide bonds. The summed E-state index contributed by atoms with van der Waals surface area (Å²) < 4.78 is -0.708. The average molecular weight is 582 g/mol. The molecular weight excluding hydrogens is 534 g/mol. The summed E-state index contributed by atoms with van der Waals surface area (Å²) in [5.74, 6) is -1.25. The van der Waals surface area contributed by atoms with Crippen LogP contribution in [0.1, 0.15) is 59.4 Å². The number of amides is 3. The molecule has 1 spiro atoms. The van der Waals surface area contributed by atoms with E-state index in [1.807, 2.05) is 51.1 Å². The minimum Gasteiger partial charge on any atom is -0.394 e. The number of fused-ring (bicyclic) bond motifs is 1. The van der Waals surface area contributed by atoms with Crippen molar-refractivity contribution in [1.82, 2.24) is 14.7 Å². The number of hydrogen-bond donors (Lipinski definition) is 1. The normalized spacial score (nSPS) is 27.6. The molecule has 224 valence electrons. The zero-order chi connectivity index (χ0) is 30.1. The van der Waals surface area contributed by atoms with E-state index in [0.717, 1.165) is 12.0 Å². The Labute approximate surface area is 250 Å². The minimum absolute atomic E-state index is 0.0304. The summed E-state index contributed by atoms with van der Waals surface area (Å²) in [7, 11) is 0. The van der Waals surface area contributed by atoms with Crippen LogP contribution in [0.25, 0.3) is 0 Å². The molecule has 2 bridgehead atoms. The van der Waals surface area contributed by atoms with Crippen molar-refractivity contribution in [3.8, 4) is 0 Å². The van der Waals surface area contributed by atoms with E-state index in [-0.39, 0.29) is 35.5 Å². The highest BCUT2D eigenvalue weighted by Crippen LogP contribution is 2.67. The number of benzene rings is 1. The maximum Gasteiger partial charge on any atom is 0.247 e. The van der Waals surface area contributed by atoms with Gasteiger partial charge in [0.15, 0.2) is 0 Å². The third-order valence-corrected chi connectivity index (χ3v) is 10.8. The van der Waals surface area contributed by atoms with Crippen molar-refractivity contribution < 1.29 is 19.5 Å². The van der Waals surface area contributed by atoms with Crippen LogP contribution in [0, 0.1) is 17.8 Å². The molecule has 0 radical (unpaired) electrons. The Morgan fingerprint density at radius 1 is 1.15 bits per heavy atom. The van der Waals surface area contributed by atoms with Crippen LogP contribution in [-0.4, -0.2) is 84.8 Å². The first-order valence-electron chi connectivity index (χ1n) is 14.9. The van der Waals surface area contributed by atoms with Gasteiger partial charge in [0.05, 0.1) is 29.2 Å². The van der Waals surface area contributed by atoms with Gasteiger partial charge in [-0.25, -0.2) is 0 Å². The van der Waals surface area contributed by atoms with E-state index in [9.17, 15) is 19.5 Å². The molecule has 4 rings (SSSR count). The molecule has 7 nitrogen and oxygen atoms in total. The summed E-state index contributed by atoms with van der Waals surface area (Å²) >= 11 is 1.67. The van der Waals surface area contributed by atoms with E-state index >= 15 is 0 Å². The average Bonchev–Trinajstić information content (AvgIpc) is 3.56. The first-order valence-corrected chi connectivity index (χ1v) is 15.8. The van der Waals surface area contributed by atoms with Crippen molar-refractivity contribution in [2.24, 2.45) is 17.8 Å². The molecule has 1 N–H and O–H groups in total. The van der Waals surface area contributed by atoms with Crippen molar-refractivity contribution in [3.05, 3.63) is 61.2 Å². The highest BCUT2D eigenvalue weighted by molar-refractivity contribution is 8.02. The van der Waals surface area contributed by atoms with Gasteiger partial charge in [0.1, 0.15) is 6.04 Å². The second kappa shape index (κ2) is 12.3. The number of nitrogens with zero attached hydrogens (tertiary/aromatic N) is 3. The van der Waals surface area contributed by atoms with E-state index in [2.05, 4.69) is 27.0 Å². The summed E-state index contributed by atoms with van der Waals surface area (Å²) in [5.41, 5.74) is 0.525. The van der Waals surface area contributed by atoms with E-state index in [4.69, 9.17) is 0 Å². The quantitative estimate of drug-likeness (QED) is 0.368. The number of hydrogen-bond acceptors (Lipinski definition) is 5. The molecule has 41 heavy (non-hydrogen) atoms. The fourth-order valence-corrected chi connectivity index (χ4v) is 9.43. The second-order valence-electron chi connectivity index (χ2n) is 13.2. The highest BCUT2D eigenvalue weighted by Gasteiger charge is 2.74. The zero-order valence-corrected chi connectivity index (χ0v) is 26.1. The summed E-state index contributed by atoms with van der Waals surface area (Å²) in [6, 6.07) is 8.61. The summed E-state index contributed by atoms with van der Waals surface area (Å²) in [6.45, 7) is 18.8. The minimum atomic E-state index is -0.746. The summed E-state index contributed by atoms with van der Waals surface area (Å²) in [5, 5.41) is 10.5. The lowest BCUT2D eigenvalue weighted by Crippen LogP contribution is -2.60. The third kappa shape index (κ3) is 5.74. The Balaban J connectivity index is 1.78. The Morgan fingerprint density at radius 2 is 1.80 bits per heavy atom. The van der Waals surface area contributed by atoms with E-state index in [1.165, 1.54) is 0 Å². The van der Waals surface area contributed by atoms with Gasteiger partial charge in [-0.2, -0.15) is 0 Å². The monoisotopic (exact) mass is 581 g/mol.